The van der Waals surface area contributed by atoms with E-state index in [1.54, 1.807) is 30.5 Å². The van der Waals surface area contributed by atoms with Crippen molar-refractivity contribution in [1.82, 2.24) is 14.8 Å². The van der Waals surface area contributed by atoms with Gasteiger partial charge < -0.3 is 5.11 Å². The average Bonchev–Trinajstić information content (AvgIpc) is 3.11. The zero-order chi connectivity index (χ0) is 19.0. The second-order valence-corrected chi connectivity index (χ2v) is 7.21. The van der Waals surface area contributed by atoms with Crippen molar-refractivity contribution in [2.24, 2.45) is 0 Å². The van der Waals surface area contributed by atoms with E-state index < -0.39 is 5.56 Å². The molecule has 2 aromatic heterocycles. The highest BCUT2D eigenvalue weighted by Crippen LogP contribution is 2.31. The first kappa shape index (κ1) is 18.4. The number of nitrogens with zero attached hydrogens (tertiary/aromatic N) is 2. The molecule has 9 heteroatoms. The number of halogens is 2. The van der Waals surface area contributed by atoms with E-state index in [2.05, 4.69) is 10.1 Å². The minimum Gasteiger partial charge on any atom is -0.507 e. The van der Waals surface area contributed by atoms with Gasteiger partial charge >= 0.3 is 0 Å². The number of hydrogen-bond acceptors (Lipinski definition) is 5. The molecule has 0 spiro atoms. The summed E-state index contributed by atoms with van der Waals surface area (Å²) in [6.45, 7) is 2.92. The summed E-state index contributed by atoms with van der Waals surface area (Å²) in [6.07, 6.45) is 1.00. The van der Waals surface area contributed by atoms with Crippen LogP contribution in [-0.2, 0) is 4.79 Å². The average molecular weight is 410 g/mol. The van der Waals surface area contributed by atoms with Gasteiger partial charge in [0.05, 0.1) is 10.7 Å². The SMILES string of the molecule is CC(=O)/C=C(\O)c1c(C)[nH]n(-c2nc(-c3ccc(Cl)cc3Cl)cs2)c1=O. The van der Waals surface area contributed by atoms with E-state index in [4.69, 9.17) is 23.2 Å². The highest BCUT2D eigenvalue weighted by molar-refractivity contribution is 7.12. The number of aryl methyl sites for hydroxylation is 1. The third kappa shape index (κ3) is 3.46. The predicted molar refractivity (Wildman–Crippen MR) is 104 cm³/mol. The number of aromatic nitrogens is 3. The molecule has 0 aliphatic rings. The Labute approximate surface area is 162 Å². The zero-order valence-corrected chi connectivity index (χ0v) is 16.0. The van der Waals surface area contributed by atoms with Gasteiger partial charge in [0.15, 0.2) is 5.78 Å². The fraction of sp³-hybridized carbons (Fsp3) is 0.118. The van der Waals surface area contributed by atoms with E-state index in [1.807, 2.05) is 0 Å². The normalized spacial score (nSPS) is 11.8. The summed E-state index contributed by atoms with van der Waals surface area (Å²) in [7, 11) is 0. The summed E-state index contributed by atoms with van der Waals surface area (Å²) in [5.74, 6) is -0.740. The van der Waals surface area contributed by atoms with Gasteiger partial charge in [-0.3, -0.25) is 14.7 Å². The summed E-state index contributed by atoms with van der Waals surface area (Å²) in [5.41, 5.74) is 1.23. The fourth-order valence-electron chi connectivity index (χ4n) is 2.44. The molecule has 0 bridgehead atoms. The Morgan fingerprint density at radius 3 is 2.77 bits per heavy atom. The number of aromatic amines is 1. The van der Waals surface area contributed by atoms with Crippen molar-refractivity contribution in [3.8, 4) is 16.4 Å². The minimum absolute atomic E-state index is 0.0291. The number of allylic oxidation sites excluding steroid dienone is 1. The maximum Gasteiger partial charge on any atom is 0.284 e. The van der Waals surface area contributed by atoms with Crippen LogP contribution in [0, 0.1) is 6.92 Å². The number of benzene rings is 1. The van der Waals surface area contributed by atoms with Crippen molar-refractivity contribution in [2.45, 2.75) is 13.8 Å². The molecule has 0 amide bonds. The number of carbonyl (C=O) groups excluding carboxylic acids is 1. The summed E-state index contributed by atoms with van der Waals surface area (Å²) < 4.78 is 1.22. The molecule has 3 rings (SSSR count). The molecule has 0 aliphatic carbocycles. The van der Waals surface area contributed by atoms with E-state index in [0.717, 1.165) is 6.08 Å². The topological polar surface area (TPSA) is 88.0 Å². The van der Waals surface area contributed by atoms with Crippen LogP contribution in [0.25, 0.3) is 22.1 Å². The van der Waals surface area contributed by atoms with Crippen molar-refractivity contribution < 1.29 is 9.90 Å². The van der Waals surface area contributed by atoms with E-state index in [1.165, 1.54) is 22.9 Å². The molecule has 134 valence electrons. The highest BCUT2D eigenvalue weighted by Gasteiger charge is 2.19. The minimum atomic E-state index is -0.499. The highest BCUT2D eigenvalue weighted by atomic mass is 35.5. The molecular formula is C17H13Cl2N3O3S. The molecule has 26 heavy (non-hydrogen) atoms. The van der Waals surface area contributed by atoms with Gasteiger partial charge in [0.2, 0.25) is 5.13 Å². The molecule has 0 aliphatic heterocycles. The Bertz CT molecular complexity index is 1100. The van der Waals surface area contributed by atoms with Crippen LogP contribution in [0.5, 0.6) is 0 Å². The Morgan fingerprint density at radius 2 is 2.12 bits per heavy atom. The first-order chi connectivity index (χ1) is 12.3. The Morgan fingerprint density at radius 1 is 1.38 bits per heavy atom. The third-order valence-electron chi connectivity index (χ3n) is 3.56. The molecular weight excluding hydrogens is 397 g/mol. The molecule has 0 unspecified atom stereocenters. The number of ketones is 1. The Balaban J connectivity index is 2.06. The molecule has 3 aromatic rings. The number of aliphatic hydroxyl groups excluding tert-OH is 1. The molecule has 0 radical (unpaired) electrons. The molecule has 0 saturated heterocycles. The van der Waals surface area contributed by atoms with Gasteiger partial charge in [-0.05, 0) is 32.0 Å². The molecule has 0 atom stereocenters. The lowest BCUT2D eigenvalue weighted by molar-refractivity contribution is -0.112. The van der Waals surface area contributed by atoms with Gasteiger partial charge in [-0.1, -0.05) is 23.2 Å². The van der Waals surface area contributed by atoms with Crippen LogP contribution in [0.2, 0.25) is 10.0 Å². The maximum absolute atomic E-state index is 12.6. The van der Waals surface area contributed by atoms with Crippen molar-refractivity contribution in [1.29, 1.82) is 0 Å². The van der Waals surface area contributed by atoms with Crippen LogP contribution < -0.4 is 5.56 Å². The smallest absolute Gasteiger partial charge is 0.284 e. The first-order valence-corrected chi connectivity index (χ1v) is 9.06. The van der Waals surface area contributed by atoms with Gasteiger partial charge in [0, 0.05) is 27.7 Å². The Hall–Kier alpha value is -2.35. The monoisotopic (exact) mass is 409 g/mol. The second-order valence-electron chi connectivity index (χ2n) is 5.53. The maximum atomic E-state index is 12.6. The van der Waals surface area contributed by atoms with Crippen LogP contribution in [0.1, 0.15) is 18.2 Å². The van der Waals surface area contributed by atoms with Crippen LogP contribution in [-0.4, -0.2) is 25.7 Å². The lowest BCUT2D eigenvalue weighted by atomic mass is 10.2. The van der Waals surface area contributed by atoms with Crippen LogP contribution in [0.4, 0.5) is 0 Å². The van der Waals surface area contributed by atoms with Gasteiger partial charge in [-0.25, -0.2) is 4.98 Å². The van der Waals surface area contributed by atoms with E-state index in [-0.39, 0.29) is 17.1 Å². The van der Waals surface area contributed by atoms with Crippen LogP contribution in [0.3, 0.4) is 0 Å². The molecule has 6 nitrogen and oxygen atoms in total. The lowest BCUT2D eigenvalue weighted by Gasteiger charge is -2.00. The zero-order valence-electron chi connectivity index (χ0n) is 13.7. The Kier molecular flexibility index (Phi) is 5.04. The molecule has 2 N–H and O–H groups in total. The fourth-order valence-corrected chi connectivity index (χ4v) is 3.72. The van der Waals surface area contributed by atoms with Crippen molar-refractivity contribution in [3.05, 3.63) is 61.3 Å². The number of aliphatic hydroxyl groups is 1. The van der Waals surface area contributed by atoms with Crippen molar-refractivity contribution >= 4 is 46.1 Å². The second kappa shape index (κ2) is 7.11. The third-order valence-corrected chi connectivity index (χ3v) is 4.93. The van der Waals surface area contributed by atoms with Gasteiger partial charge in [0.1, 0.15) is 11.3 Å². The van der Waals surface area contributed by atoms with Gasteiger partial charge in [0.25, 0.3) is 5.56 Å². The summed E-state index contributed by atoms with van der Waals surface area (Å²) >= 11 is 13.3. The standard InChI is InChI=1S/C17H13Cl2N3O3S/c1-8(23)5-14(24)15-9(2)21-22(16(15)25)17-20-13(7-26-17)11-4-3-10(18)6-12(11)19/h3-7,21,24H,1-2H3/b14-5-. The lowest BCUT2D eigenvalue weighted by Crippen LogP contribution is -2.17. The number of carbonyl (C=O) groups is 1. The van der Waals surface area contributed by atoms with Gasteiger partial charge in [-0.2, -0.15) is 4.68 Å². The summed E-state index contributed by atoms with van der Waals surface area (Å²) in [6, 6.07) is 5.07. The van der Waals surface area contributed by atoms with Crippen LogP contribution >= 0.6 is 34.5 Å². The van der Waals surface area contributed by atoms with E-state index >= 15 is 0 Å². The summed E-state index contributed by atoms with van der Waals surface area (Å²) in [5, 5.41) is 16.0. The first-order valence-electron chi connectivity index (χ1n) is 7.42. The number of hydrogen-bond donors (Lipinski definition) is 2. The van der Waals surface area contributed by atoms with Gasteiger partial charge in [-0.15, -0.1) is 11.3 Å². The largest absolute Gasteiger partial charge is 0.507 e. The number of nitrogens with one attached hydrogen (secondary N) is 1. The van der Waals surface area contributed by atoms with Crippen molar-refractivity contribution in [3.63, 3.8) is 0 Å². The van der Waals surface area contributed by atoms with Crippen molar-refractivity contribution in [2.75, 3.05) is 0 Å². The summed E-state index contributed by atoms with van der Waals surface area (Å²) in [4.78, 5) is 28.2. The van der Waals surface area contributed by atoms with E-state index in [9.17, 15) is 14.7 Å². The number of H-pyrrole nitrogens is 1. The molecule has 0 fully saturated rings. The molecule has 2 heterocycles. The number of thiazole rings is 1. The quantitative estimate of drug-likeness (QED) is 0.493. The van der Waals surface area contributed by atoms with Crippen LogP contribution in [0.15, 0.2) is 34.4 Å². The molecule has 0 saturated carbocycles. The van der Waals surface area contributed by atoms with E-state index in [0.29, 0.717) is 32.1 Å². The number of rotatable bonds is 4. The predicted octanol–water partition coefficient (Wildman–Crippen LogP) is 4.39. The molecule has 1 aromatic carbocycles.